The Morgan fingerprint density at radius 1 is 1.50 bits per heavy atom. The molecule has 1 rings (SSSR count). The number of aliphatic imine (C=N–C) groups is 1. The largest absolute Gasteiger partial charge is 0.389 e. The maximum atomic E-state index is 11.9. The van der Waals surface area contributed by atoms with Crippen LogP contribution in [-0.2, 0) is 0 Å². The summed E-state index contributed by atoms with van der Waals surface area (Å²) in [5.41, 5.74) is 6.25. The van der Waals surface area contributed by atoms with Gasteiger partial charge < -0.3 is 5.73 Å². The molecule has 1 aliphatic heterocycles. The molecule has 80 valence electrons. The molecule has 0 fully saturated rings. The molecule has 0 amide bonds. The van der Waals surface area contributed by atoms with Crippen LogP contribution in [-0.4, -0.2) is 25.0 Å². The van der Waals surface area contributed by atoms with Crippen molar-refractivity contribution in [3.8, 4) is 0 Å². The monoisotopic (exact) mass is 206 g/mol. The molecule has 5 heteroatoms. The van der Waals surface area contributed by atoms with E-state index in [1.165, 1.54) is 0 Å². The summed E-state index contributed by atoms with van der Waals surface area (Å²) in [4.78, 5) is 4.01. The van der Waals surface area contributed by atoms with Crippen molar-refractivity contribution in [1.82, 2.24) is 0 Å². The SMILES string of the molecule is NCC1=CCC(CCC(F)(F)F)N=C1. The summed E-state index contributed by atoms with van der Waals surface area (Å²) in [5, 5.41) is 0. The van der Waals surface area contributed by atoms with E-state index in [1.807, 2.05) is 6.08 Å². The van der Waals surface area contributed by atoms with Crippen molar-refractivity contribution < 1.29 is 13.2 Å². The van der Waals surface area contributed by atoms with Gasteiger partial charge in [0, 0.05) is 19.2 Å². The van der Waals surface area contributed by atoms with Crippen molar-refractivity contribution in [1.29, 1.82) is 0 Å². The van der Waals surface area contributed by atoms with Crippen LogP contribution in [0.2, 0.25) is 0 Å². The van der Waals surface area contributed by atoms with Crippen molar-refractivity contribution in [2.75, 3.05) is 6.54 Å². The number of rotatable bonds is 3. The Bertz CT molecular complexity index is 243. The minimum absolute atomic E-state index is 0.0638. The fraction of sp³-hybridized carbons (Fsp3) is 0.667. The summed E-state index contributed by atoms with van der Waals surface area (Å²) in [6.45, 7) is 0.398. The highest BCUT2D eigenvalue weighted by molar-refractivity contribution is 5.80. The number of dihydropyridines is 1. The van der Waals surface area contributed by atoms with Crippen LogP contribution >= 0.6 is 0 Å². The molecular weight excluding hydrogens is 193 g/mol. The van der Waals surface area contributed by atoms with E-state index in [4.69, 9.17) is 5.73 Å². The third kappa shape index (κ3) is 3.91. The normalized spacial score (nSPS) is 22.3. The molecule has 0 bridgehead atoms. The van der Waals surface area contributed by atoms with Crippen molar-refractivity contribution in [2.24, 2.45) is 10.7 Å². The lowest BCUT2D eigenvalue weighted by Gasteiger charge is -2.15. The molecule has 0 aromatic carbocycles. The molecule has 1 aliphatic rings. The van der Waals surface area contributed by atoms with Gasteiger partial charge in [-0.25, -0.2) is 0 Å². The first kappa shape index (κ1) is 11.2. The summed E-state index contributed by atoms with van der Waals surface area (Å²) >= 11 is 0. The molecule has 14 heavy (non-hydrogen) atoms. The van der Waals surface area contributed by atoms with Gasteiger partial charge in [-0.05, 0) is 18.4 Å². The summed E-state index contributed by atoms with van der Waals surface area (Å²) in [7, 11) is 0. The van der Waals surface area contributed by atoms with E-state index in [2.05, 4.69) is 4.99 Å². The topological polar surface area (TPSA) is 38.4 Å². The van der Waals surface area contributed by atoms with Crippen LogP contribution in [0.1, 0.15) is 19.3 Å². The molecular formula is C9H13F3N2. The van der Waals surface area contributed by atoms with Gasteiger partial charge >= 0.3 is 6.18 Å². The van der Waals surface area contributed by atoms with Gasteiger partial charge in [0.25, 0.3) is 0 Å². The van der Waals surface area contributed by atoms with Crippen LogP contribution in [0.3, 0.4) is 0 Å². The second-order valence-electron chi connectivity index (χ2n) is 3.30. The van der Waals surface area contributed by atoms with Crippen molar-refractivity contribution in [2.45, 2.75) is 31.5 Å². The zero-order valence-electron chi connectivity index (χ0n) is 7.72. The first-order valence-electron chi connectivity index (χ1n) is 4.50. The van der Waals surface area contributed by atoms with Crippen LogP contribution in [0.15, 0.2) is 16.6 Å². The smallest absolute Gasteiger partial charge is 0.326 e. The van der Waals surface area contributed by atoms with Crippen molar-refractivity contribution in [3.05, 3.63) is 11.6 Å². The molecule has 0 aromatic heterocycles. The Hall–Kier alpha value is -0.840. The predicted molar refractivity (Wildman–Crippen MR) is 49.3 cm³/mol. The average Bonchev–Trinajstić information content (AvgIpc) is 2.14. The van der Waals surface area contributed by atoms with Crippen molar-refractivity contribution in [3.63, 3.8) is 0 Å². The van der Waals surface area contributed by atoms with Gasteiger partial charge in [0.1, 0.15) is 0 Å². The van der Waals surface area contributed by atoms with Crippen LogP contribution in [0.5, 0.6) is 0 Å². The third-order valence-electron chi connectivity index (χ3n) is 2.10. The van der Waals surface area contributed by atoms with Gasteiger partial charge in [-0.3, -0.25) is 4.99 Å². The Kier molecular flexibility index (Phi) is 3.69. The summed E-state index contributed by atoms with van der Waals surface area (Å²) < 4.78 is 35.6. The van der Waals surface area contributed by atoms with E-state index in [9.17, 15) is 13.2 Å². The molecule has 1 heterocycles. The maximum absolute atomic E-state index is 11.9. The van der Waals surface area contributed by atoms with Gasteiger partial charge in [-0.2, -0.15) is 13.2 Å². The highest BCUT2D eigenvalue weighted by Gasteiger charge is 2.28. The molecule has 2 nitrogen and oxygen atoms in total. The lowest BCUT2D eigenvalue weighted by molar-refractivity contribution is -0.136. The molecule has 1 unspecified atom stereocenters. The second-order valence-corrected chi connectivity index (χ2v) is 3.30. The van der Waals surface area contributed by atoms with Crippen LogP contribution in [0, 0.1) is 0 Å². The van der Waals surface area contributed by atoms with Gasteiger partial charge in [0.2, 0.25) is 0 Å². The minimum atomic E-state index is -4.08. The number of alkyl halides is 3. The van der Waals surface area contributed by atoms with E-state index in [0.717, 1.165) is 5.57 Å². The zero-order valence-corrected chi connectivity index (χ0v) is 7.72. The zero-order chi connectivity index (χ0) is 10.6. The van der Waals surface area contributed by atoms with E-state index in [0.29, 0.717) is 13.0 Å². The van der Waals surface area contributed by atoms with Crippen LogP contribution in [0.4, 0.5) is 13.2 Å². The van der Waals surface area contributed by atoms with E-state index in [1.54, 1.807) is 6.21 Å². The molecule has 0 spiro atoms. The summed E-state index contributed by atoms with van der Waals surface area (Å²) in [6.07, 6.45) is -0.778. The number of nitrogens with zero attached hydrogens (tertiary/aromatic N) is 1. The van der Waals surface area contributed by atoms with E-state index >= 15 is 0 Å². The Balaban J connectivity index is 2.31. The van der Waals surface area contributed by atoms with Crippen LogP contribution in [0.25, 0.3) is 0 Å². The molecule has 0 aromatic rings. The maximum Gasteiger partial charge on any atom is 0.389 e. The fourth-order valence-corrected chi connectivity index (χ4v) is 1.26. The second kappa shape index (κ2) is 4.59. The molecule has 0 radical (unpaired) electrons. The highest BCUT2D eigenvalue weighted by Crippen LogP contribution is 2.24. The minimum Gasteiger partial charge on any atom is -0.326 e. The summed E-state index contributed by atoms with van der Waals surface area (Å²) in [5.74, 6) is 0. The van der Waals surface area contributed by atoms with Crippen molar-refractivity contribution >= 4 is 6.21 Å². The lowest BCUT2D eigenvalue weighted by Crippen LogP contribution is -2.16. The molecule has 1 atom stereocenters. The van der Waals surface area contributed by atoms with E-state index < -0.39 is 12.6 Å². The average molecular weight is 206 g/mol. The number of halogens is 3. The third-order valence-corrected chi connectivity index (χ3v) is 2.10. The van der Waals surface area contributed by atoms with Crippen LogP contribution < -0.4 is 5.73 Å². The first-order valence-corrected chi connectivity index (χ1v) is 4.50. The van der Waals surface area contributed by atoms with Gasteiger partial charge in [-0.1, -0.05) is 6.08 Å². The van der Waals surface area contributed by atoms with Gasteiger partial charge in [-0.15, -0.1) is 0 Å². The van der Waals surface area contributed by atoms with Gasteiger partial charge in [0.05, 0.1) is 6.04 Å². The molecule has 0 saturated heterocycles. The Morgan fingerprint density at radius 2 is 2.21 bits per heavy atom. The quantitative estimate of drug-likeness (QED) is 0.754. The Morgan fingerprint density at radius 3 is 2.64 bits per heavy atom. The number of hydrogen-bond acceptors (Lipinski definition) is 2. The predicted octanol–water partition coefficient (Wildman–Crippen LogP) is 2.06. The number of hydrogen-bond donors (Lipinski definition) is 1. The molecule has 0 saturated carbocycles. The highest BCUT2D eigenvalue weighted by atomic mass is 19.4. The molecule has 2 N–H and O–H groups in total. The fourth-order valence-electron chi connectivity index (χ4n) is 1.26. The lowest BCUT2D eigenvalue weighted by atomic mass is 10.0. The molecule has 0 aliphatic carbocycles. The first-order chi connectivity index (χ1) is 6.51. The number of nitrogens with two attached hydrogens (primary N) is 1. The Labute approximate surface area is 80.7 Å². The summed E-state index contributed by atoms with van der Waals surface area (Å²) in [6, 6.07) is -0.230. The van der Waals surface area contributed by atoms with Gasteiger partial charge in [0.15, 0.2) is 0 Å². The standard InChI is InChI=1S/C9H13F3N2/c10-9(11,12)4-3-8-2-1-7(5-13)6-14-8/h1,6,8H,2-5,13H2. The van der Waals surface area contributed by atoms with E-state index in [-0.39, 0.29) is 12.5 Å².